The van der Waals surface area contributed by atoms with Crippen LogP contribution in [0.5, 0.6) is 0 Å². The fraction of sp³-hybridized carbons (Fsp3) is 0.346. The van der Waals surface area contributed by atoms with Crippen LogP contribution in [0, 0.1) is 5.82 Å². The molecule has 1 amide bonds. The molecule has 5 heteroatoms. The number of hydrogen-bond acceptors (Lipinski definition) is 3. The van der Waals surface area contributed by atoms with Gasteiger partial charge < -0.3 is 9.64 Å². The molecule has 0 radical (unpaired) electrons. The van der Waals surface area contributed by atoms with Gasteiger partial charge >= 0.3 is 6.09 Å². The summed E-state index contributed by atoms with van der Waals surface area (Å²) in [7, 11) is 0. The van der Waals surface area contributed by atoms with Crippen LogP contribution < -0.4 is 0 Å². The Hall–Kier alpha value is -2.92. The molecule has 0 aromatic heterocycles. The highest BCUT2D eigenvalue weighted by Crippen LogP contribution is 2.33. The molecule has 4 nitrogen and oxygen atoms in total. The van der Waals surface area contributed by atoms with Crippen molar-refractivity contribution in [3.63, 3.8) is 0 Å². The summed E-state index contributed by atoms with van der Waals surface area (Å²) in [5.41, 5.74) is 2.29. The van der Waals surface area contributed by atoms with E-state index in [0.717, 1.165) is 38.0 Å². The summed E-state index contributed by atoms with van der Waals surface area (Å²) in [6, 6.07) is 17.0. The van der Waals surface area contributed by atoms with E-state index in [-0.39, 0.29) is 23.9 Å². The fourth-order valence-electron chi connectivity index (χ4n) is 4.51. The fourth-order valence-corrected chi connectivity index (χ4v) is 4.51. The van der Waals surface area contributed by atoms with Crippen molar-refractivity contribution in [1.82, 2.24) is 9.80 Å². The van der Waals surface area contributed by atoms with Gasteiger partial charge in [-0.25, -0.2) is 9.18 Å². The lowest BCUT2D eigenvalue weighted by Gasteiger charge is -2.31. The lowest BCUT2D eigenvalue weighted by atomic mass is 9.93. The van der Waals surface area contributed by atoms with Gasteiger partial charge in [-0.3, -0.25) is 4.90 Å². The van der Waals surface area contributed by atoms with Crippen LogP contribution in [0.4, 0.5) is 9.18 Å². The van der Waals surface area contributed by atoms with E-state index in [9.17, 15) is 9.18 Å². The molecule has 4 rings (SSSR count). The van der Waals surface area contributed by atoms with Crippen molar-refractivity contribution in [3.8, 4) is 0 Å². The number of likely N-dealkylation sites (N-methyl/N-ethyl adjacent to an activating group) is 1. The number of carbonyl (C=O) groups is 1. The molecule has 2 atom stereocenters. The normalized spacial score (nSPS) is 21.0. The minimum Gasteiger partial charge on any atom is -0.411 e. The largest absolute Gasteiger partial charge is 0.415 e. The topological polar surface area (TPSA) is 32.8 Å². The maximum Gasteiger partial charge on any atom is 0.415 e. The number of halogens is 1. The predicted molar refractivity (Wildman–Crippen MR) is 120 cm³/mol. The molecule has 1 heterocycles. The van der Waals surface area contributed by atoms with E-state index in [1.54, 1.807) is 0 Å². The van der Waals surface area contributed by atoms with Gasteiger partial charge in [-0.05, 0) is 55.2 Å². The van der Waals surface area contributed by atoms with Gasteiger partial charge in [-0.2, -0.15) is 0 Å². The number of nitrogens with zero attached hydrogens (tertiary/aromatic N) is 2. The Kier molecular flexibility index (Phi) is 6.82. The lowest BCUT2D eigenvalue weighted by molar-refractivity contribution is 0.111. The number of carbonyl (C=O) groups excluding carboxylic acids is 1. The maximum atomic E-state index is 13.5. The third-order valence-electron chi connectivity index (χ3n) is 6.05. The van der Waals surface area contributed by atoms with Crippen LogP contribution in [-0.2, 0) is 11.3 Å². The van der Waals surface area contributed by atoms with E-state index in [1.165, 1.54) is 17.7 Å². The predicted octanol–water partition coefficient (Wildman–Crippen LogP) is 5.49. The van der Waals surface area contributed by atoms with Gasteiger partial charge in [0.15, 0.2) is 0 Å². The summed E-state index contributed by atoms with van der Waals surface area (Å²) < 4.78 is 19.2. The molecule has 2 aromatic carbocycles. The van der Waals surface area contributed by atoms with Crippen molar-refractivity contribution in [1.29, 1.82) is 0 Å². The van der Waals surface area contributed by atoms with Gasteiger partial charge in [0.2, 0.25) is 0 Å². The molecule has 0 saturated carbocycles. The zero-order chi connectivity index (χ0) is 21.6. The average Bonchev–Trinajstić information content (AvgIpc) is 3.19. The second kappa shape index (κ2) is 9.92. The van der Waals surface area contributed by atoms with Crippen LogP contribution in [-0.4, -0.2) is 41.6 Å². The van der Waals surface area contributed by atoms with Crippen LogP contribution in [0.2, 0.25) is 0 Å². The van der Waals surface area contributed by atoms with Gasteiger partial charge in [0.05, 0.1) is 6.04 Å². The molecule has 162 valence electrons. The van der Waals surface area contributed by atoms with E-state index in [4.69, 9.17) is 4.74 Å². The monoisotopic (exact) mass is 420 g/mol. The van der Waals surface area contributed by atoms with Crippen molar-refractivity contribution >= 4 is 6.09 Å². The molecule has 1 aliphatic heterocycles. The number of rotatable bonds is 6. The molecule has 0 spiro atoms. The van der Waals surface area contributed by atoms with E-state index in [0.29, 0.717) is 12.3 Å². The van der Waals surface area contributed by atoms with Crippen molar-refractivity contribution in [2.75, 3.05) is 19.6 Å². The standard InChI is InChI=1S/C26H29FN2O2/c1-2-29(26(30)31-23-11-7-4-8-12-23)25-19-28(17-20-9-5-3-6-10-20)18-24(25)21-13-15-22(27)16-14-21/h3,5-7,9-16,24-25H,2,4,8,17-19H2,1H3. The number of hydrogen-bond donors (Lipinski definition) is 0. The molecule has 0 N–H and O–H groups in total. The van der Waals surface area contributed by atoms with Gasteiger partial charge in [-0.15, -0.1) is 0 Å². The third kappa shape index (κ3) is 5.23. The van der Waals surface area contributed by atoms with E-state index >= 15 is 0 Å². The first kappa shape index (κ1) is 21.3. The SMILES string of the molecule is CCN(C(=O)OC1=CCCC=C1)C1CN(Cc2ccccc2)CC1c1ccc(F)cc1. The first-order valence-corrected chi connectivity index (χ1v) is 11.0. The average molecular weight is 421 g/mol. The van der Waals surface area contributed by atoms with Gasteiger partial charge in [0, 0.05) is 32.1 Å². The zero-order valence-corrected chi connectivity index (χ0v) is 17.9. The smallest absolute Gasteiger partial charge is 0.411 e. The molecule has 1 aliphatic carbocycles. The summed E-state index contributed by atoms with van der Waals surface area (Å²) in [5, 5.41) is 0. The molecule has 0 bridgehead atoms. The number of amides is 1. The zero-order valence-electron chi connectivity index (χ0n) is 17.9. The quantitative estimate of drug-likeness (QED) is 0.620. The van der Waals surface area contributed by atoms with Gasteiger partial charge in [0.1, 0.15) is 11.6 Å². The van der Waals surface area contributed by atoms with E-state index in [1.807, 2.05) is 60.4 Å². The highest BCUT2D eigenvalue weighted by molar-refractivity contribution is 5.70. The van der Waals surface area contributed by atoms with Crippen molar-refractivity contribution < 1.29 is 13.9 Å². The molecule has 2 aliphatic rings. The number of allylic oxidation sites excluding steroid dienone is 3. The number of benzene rings is 2. The van der Waals surface area contributed by atoms with Crippen molar-refractivity contribution in [2.24, 2.45) is 0 Å². The Morgan fingerprint density at radius 3 is 2.55 bits per heavy atom. The Morgan fingerprint density at radius 2 is 1.87 bits per heavy atom. The summed E-state index contributed by atoms with van der Waals surface area (Å²) in [5.74, 6) is 0.460. The van der Waals surface area contributed by atoms with E-state index < -0.39 is 0 Å². The maximum absolute atomic E-state index is 13.5. The molecular formula is C26H29FN2O2. The van der Waals surface area contributed by atoms with Gasteiger partial charge in [0.25, 0.3) is 0 Å². The molecule has 2 unspecified atom stereocenters. The second-order valence-electron chi connectivity index (χ2n) is 8.15. The third-order valence-corrected chi connectivity index (χ3v) is 6.05. The highest BCUT2D eigenvalue weighted by atomic mass is 19.1. The van der Waals surface area contributed by atoms with Crippen LogP contribution in [0.3, 0.4) is 0 Å². The summed E-state index contributed by atoms with van der Waals surface area (Å²) in [6.45, 7) is 4.90. The summed E-state index contributed by atoms with van der Waals surface area (Å²) >= 11 is 0. The second-order valence-corrected chi connectivity index (χ2v) is 8.15. The lowest BCUT2D eigenvalue weighted by Crippen LogP contribution is -2.44. The van der Waals surface area contributed by atoms with Crippen LogP contribution in [0.1, 0.15) is 36.8 Å². The Balaban J connectivity index is 1.55. The number of ether oxygens (including phenoxy) is 1. The molecule has 1 fully saturated rings. The molecule has 2 aromatic rings. The summed E-state index contributed by atoms with van der Waals surface area (Å²) in [6.07, 6.45) is 7.39. The Morgan fingerprint density at radius 1 is 1.10 bits per heavy atom. The Labute approximate surface area is 183 Å². The molecule has 1 saturated heterocycles. The van der Waals surface area contributed by atoms with Crippen molar-refractivity contribution in [3.05, 3.63) is 95.5 Å². The molecule has 31 heavy (non-hydrogen) atoms. The van der Waals surface area contributed by atoms with Gasteiger partial charge in [-0.1, -0.05) is 48.5 Å². The first-order chi connectivity index (χ1) is 15.1. The highest BCUT2D eigenvalue weighted by Gasteiger charge is 2.39. The first-order valence-electron chi connectivity index (χ1n) is 11.0. The minimum absolute atomic E-state index is 0.0418. The van der Waals surface area contributed by atoms with Crippen molar-refractivity contribution in [2.45, 2.75) is 38.3 Å². The van der Waals surface area contributed by atoms with Crippen LogP contribution in [0.25, 0.3) is 0 Å². The minimum atomic E-state index is -0.320. The van der Waals surface area contributed by atoms with Crippen LogP contribution >= 0.6 is 0 Å². The Bertz CT molecular complexity index is 940. The summed E-state index contributed by atoms with van der Waals surface area (Å²) in [4.78, 5) is 17.3. The number of likely N-dealkylation sites (tertiary alicyclic amines) is 1. The molecular weight excluding hydrogens is 391 g/mol. The van der Waals surface area contributed by atoms with Crippen LogP contribution in [0.15, 0.2) is 78.6 Å². The van der Waals surface area contributed by atoms with E-state index in [2.05, 4.69) is 17.0 Å².